The van der Waals surface area contributed by atoms with Crippen molar-refractivity contribution in [2.75, 3.05) is 0 Å². The van der Waals surface area contributed by atoms with E-state index in [2.05, 4.69) is 53.5 Å². The molecule has 3 heteroatoms. The Morgan fingerprint density at radius 3 is 2.76 bits per heavy atom. The fourth-order valence-electron chi connectivity index (χ4n) is 2.67. The van der Waals surface area contributed by atoms with E-state index in [0.717, 1.165) is 4.47 Å². The maximum Gasteiger partial charge on any atom is 0.169 e. The summed E-state index contributed by atoms with van der Waals surface area (Å²) in [5.41, 5.74) is 0.159. The first-order valence-corrected chi connectivity index (χ1v) is 9.21. The average Bonchev–Trinajstić information content (AvgIpc) is 2.96. The van der Waals surface area contributed by atoms with Gasteiger partial charge in [0, 0.05) is 21.7 Å². The van der Waals surface area contributed by atoms with E-state index < -0.39 is 5.54 Å². The zero-order valence-electron chi connectivity index (χ0n) is 15.2. The van der Waals surface area contributed by atoms with Gasteiger partial charge in [-0.15, -0.1) is 0 Å². The molecule has 0 aliphatic carbocycles. The lowest BCUT2D eigenvalue weighted by Gasteiger charge is -2.28. The van der Waals surface area contributed by atoms with Gasteiger partial charge in [0.15, 0.2) is 5.78 Å². The summed E-state index contributed by atoms with van der Waals surface area (Å²) in [5.74, 6) is 6.08. The molecule has 0 N–H and O–H groups in total. The number of carbonyl (C=O) groups is 1. The molecule has 2 nitrogen and oxygen atoms in total. The van der Waals surface area contributed by atoms with Gasteiger partial charge in [-0.05, 0) is 58.4 Å². The molecule has 1 aromatic rings. The molecule has 0 fully saturated rings. The Bertz CT molecular complexity index is 772. The van der Waals surface area contributed by atoms with Gasteiger partial charge in [0.25, 0.3) is 0 Å². The number of ketones is 1. The lowest BCUT2D eigenvalue weighted by molar-refractivity contribution is 0.0884. The molecule has 1 aliphatic heterocycles. The van der Waals surface area contributed by atoms with Crippen LogP contribution in [0.3, 0.4) is 0 Å². The third-order valence-corrected chi connectivity index (χ3v) is 4.52. The highest BCUT2D eigenvalue weighted by molar-refractivity contribution is 9.10. The number of halogens is 1. The minimum absolute atomic E-state index is 0.0274. The molecule has 0 bridgehead atoms. The van der Waals surface area contributed by atoms with E-state index in [4.69, 9.17) is 0 Å². The van der Waals surface area contributed by atoms with Gasteiger partial charge in [-0.3, -0.25) is 9.79 Å². The van der Waals surface area contributed by atoms with E-state index in [0.29, 0.717) is 12.0 Å². The van der Waals surface area contributed by atoms with Gasteiger partial charge in [0.2, 0.25) is 0 Å². The highest BCUT2D eigenvalue weighted by Crippen LogP contribution is 2.32. The molecule has 0 saturated heterocycles. The van der Waals surface area contributed by atoms with Crippen LogP contribution in [-0.2, 0) is 0 Å². The number of Topliss-reactive ketones (excluding diaryl/α,β-unsaturated/α-hetero) is 1. The van der Waals surface area contributed by atoms with Gasteiger partial charge < -0.3 is 0 Å². The molecule has 0 spiro atoms. The largest absolute Gasteiger partial charge is 0.294 e. The summed E-state index contributed by atoms with van der Waals surface area (Å²) < 4.78 is 0.902. The Kier molecular flexibility index (Phi) is 6.19. The second-order valence-electron chi connectivity index (χ2n) is 7.45. The van der Waals surface area contributed by atoms with Crippen molar-refractivity contribution < 1.29 is 4.79 Å². The Balaban J connectivity index is 2.24. The van der Waals surface area contributed by atoms with E-state index in [-0.39, 0.29) is 17.1 Å². The molecule has 0 radical (unpaired) electrons. The van der Waals surface area contributed by atoms with Crippen molar-refractivity contribution in [3.63, 3.8) is 0 Å². The third kappa shape index (κ3) is 5.54. The van der Waals surface area contributed by atoms with Crippen molar-refractivity contribution in [1.82, 2.24) is 0 Å². The van der Waals surface area contributed by atoms with Crippen molar-refractivity contribution in [3.05, 3.63) is 58.6 Å². The predicted molar refractivity (Wildman–Crippen MR) is 109 cm³/mol. The molecule has 130 valence electrons. The van der Waals surface area contributed by atoms with Crippen LogP contribution in [0.2, 0.25) is 0 Å². The van der Waals surface area contributed by atoms with Crippen molar-refractivity contribution in [1.29, 1.82) is 0 Å². The molecule has 2 atom stereocenters. The van der Waals surface area contributed by atoms with E-state index in [1.165, 1.54) is 0 Å². The number of allylic oxidation sites excluding steroid dienone is 3. The first-order valence-electron chi connectivity index (χ1n) is 8.42. The van der Waals surface area contributed by atoms with Crippen LogP contribution in [0.4, 0.5) is 0 Å². The van der Waals surface area contributed by atoms with Crippen LogP contribution in [0.5, 0.6) is 0 Å². The quantitative estimate of drug-likeness (QED) is 0.466. The second kappa shape index (κ2) is 7.97. The minimum Gasteiger partial charge on any atom is -0.294 e. The Hall–Kier alpha value is -1.92. The van der Waals surface area contributed by atoms with Crippen LogP contribution < -0.4 is 0 Å². The maximum atomic E-state index is 13.1. The monoisotopic (exact) mass is 397 g/mol. The summed E-state index contributed by atoms with van der Waals surface area (Å²) in [4.78, 5) is 17.7. The first kappa shape index (κ1) is 19.4. The summed E-state index contributed by atoms with van der Waals surface area (Å²) in [6.07, 6.45) is 10.1. The van der Waals surface area contributed by atoms with Crippen LogP contribution in [0.25, 0.3) is 0 Å². The van der Waals surface area contributed by atoms with Crippen LogP contribution in [0.1, 0.15) is 44.5 Å². The Morgan fingerprint density at radius 1 is 1.40 bits per heavy atom. The summed E-state index contributed by atoms with van der Waals surface area (Å²) in [5, 5.41) is 0. The molecule has 1 aromatic carbocycles. The first-order chi connectivity index (χ1) is 11.7. The smallest absolute Gasteiger partial charge is 0.169 e. The SMILES string of the molecule is CC(C)(C)C#CC=CCC(C(=O)c1cccc(Br)c1)C1(C)C=CC=N1. The van der Waals surface area contributed by atoms with E-state index >= 15 is 0 Å². The van der Waals surface area contributed by atoms with Gasteiger partial charge in [0.05, 0.1) is 11.5 Å². The number of rotatable bonds is 5. The highest BCUT2D eigenvalue weighted by Gasteiger charge is 2.37. The van der Waals surface area contributed by atoms with Crippen LogP contribution in [-0.4, -0.2) is 17.5 Å². The fourth-order valence-corrected chi connectivity index (χ4v) is 3.07. The molecule has 0 aromatic heterocycles. The van der Waals surface area contributed by atoms with E-state index in [9.17, 15) is 4.79 Å². The molecule has 1 aliphatic rings. The second-order valence-corrected chi connectivity index (χ2v) is 8.36. The molecular weight excluding hydrogens is 374 g/mol. The average molecular weight is 398 g/mol. The fraction of sp³-hybridized carbons (Fsp3) is 0.364. The van der Waals surface area contributed by atoms with Crippen molar-refractivity contribution in [3.8, 4) is 11.8 Å². The molecule has 25 heavy (non-hydrogen) atoms. The van der Waals surface area contributed by atoms with Crippen molar-refractivity contribution in [2.45, 2.75) is 39.7 Å². The Morgan fingerprint density at radius 2 is 2.16 bits per heavy atom. The topological polar surface area (TPSA) is 29.4 Å². The van der Waals surface area contributed by atoms with Gasteiger partial charge in [-0.25, -0.2) is 0 Å². The van der Waals surface area contributed by atoms with E-state index in [1.807, 2.05) is 55.5 Å². The Labute approximate surface area is 159 Å². The number of benzene rings is 1. The van der Waals surface area contributed by atoms with Gasteiger partial charge in [-0.2, -0.15) is 0 Å². The van der Waals surface area contributed by atoms with Gasteiger partial charge in [0.1, 0.15) is 0 Å². The predicted octanol–water partition coefficient (Wildman–Crippen LogP) is 5.64. The lowest BCUT2D eigenvalue weighted by Crippen LogP contribution is -2.35. The number of hydrogen-bond acceptors (Lipinski definition) is 2. The van der Waals surface area contributed by atoms with Crippen molar-refractivity contribution >= 4 is 27.9 Å². The molecule has 2 unspecified atom stereocenters. The van der Waals surface area contributed by atoms with Crippen molar-refractivity contribution in [2.24, 2.45) is 16.3 Å². The summed E-state index contributed by atoms with van der Waals surface area (Å²) in [6.45, 7) is 8.23. The molecule has 2 rings (SSSR count). The molecule has 1 heterocycles. The van der Waals surface area contributed by atoms with Gasteiger partial charge in [-0.1, -0.05) is 52.1 Å². The number of carbonyl (C=O) groups excluding carboxylic acids is 1. The highest BCUT2D eigenvalue weighted by atomic mass is 79.9. The summed E-state index contributed by atoms with van der Waals surface area (Å²) in [7, 11) is 0. The summed E-state index contributed by atoms with van der Waals surface area (Å²) >= 11 is 3.44. The van der Waals surface area contributed by atoms with Gasteiger partial charge >= 0.3 is 0 Å². The van der Waals surface area contributed by atoms with Crippen LogP contribution in [0.15, 0.2) is 58.0 Å². The molecule has 0 amide bonds. The normalized spacial score (nSPS) is 20.5. The number of nitrogens with zero attached hydrogens (tertiary/aromatic N) is 1. The zero-order chi connectivity index (χ0) is 18.5. The minimum atomic E-state index is -0.513. The van der Waals surface area contributed by atoms with E-state index in [1.54, 1.807) is 6.21 Å². The number of hydrogen-bond donors (Lipinski definition) is 0. The van der Waals surface area contributed by atoms with Crippen LogP contribution in [0, 0.1) is 23.2 Å². The maximum absolute atomic E-state index is 13.1. The zero-order valence-corrected chi connectivity index (χ0v) is 16.8. The third-order valence-electron chi connectivity index (χ3n) is 4.02. The molecule has 0 saturated carbocycles. The van der Waals surface area contributed by atoms with Crippen LogP contribution >= 0.6 is 15.9 Å². The molecular formula is C22H24BrNO. The lowest BCUT2D eigenvalue weighted by atomic mass is 9.79. The number of aliphatic imine (C=N–C) groups is 1. The standard InChI is InChI=1S/C22H24BrNO/c1-21(2,3)13-7-5-6-12-19(22(4)14-9-15-24-22)20(25)17-10-8-11-18(23)16-17/h5-6,8-11,14-16,19H,12H2,1-4H3. The summed E-state index contributed by atoms with van der Waals surface area (Å²) in [6, 6.07) is 7.53.